The van der Waals surface area contributed by atoms with Crippen molar-refractivity contribution in [1.82, 2.24) is 19.5 Å². The van der Waals surface area contributed by atoms with Crippen LogP contribution >= 0.6 is 11.6 Å². The SMILES string of the molecule is CC(Nc1cc(=O)n(C)c2ccc(Nc3ccnc(Cl)c3C#N)cc12)c1ncc(N2C[C@@H](C)O[C@@H](C)C2)cn1. The molecule has 1 saturated heterocycles. The van der Waals surface area contributed by atoms with Gasteiger partial charge < -0.3 is 24.8 Å². The highest BCUT2D eigenvalue weighted by Crippen LogP contribution is 2.31. The van der Waals surface area contributed by atoms with Crippen LogP contribution in [0.1, 0.15) is 38.2 Å². The van der Waals surface area contributed by atoms with Gasteiger partial charge in [0.1, 0.15) is 22.6 Å². The van der Waals surface area contributed by atoms with Crippen LogP contribution in [0.15, 0.2) is 53.7 Å². The lowest BCUT2D eigenvalue weighted by atomic mass is 10.1. The molecule has 4 heterocycles. The van der Waals surface area contributed by atoms with Gasteiger partial charge in [-0.15, -0.1) is 0 Å². The van der Waals surface area contributed by atoms with Crippen LogP contribution in [0.25, 0.3) is 10.9 Å². The fraction of sp³-hybridized carbons (Fsp3) is 0.321. The number of nitrogens with one attached hydrogen (secondary N) is 2. The van der Waals surface area contributed by atoms with Crippen molar-refractivity contribution >= 4 is 45.3 Å². The zero-order valence-electron chi connectivity index (χ0n) is 22.1. The maximum Gasteiger partial charge on any atom is 0.252 e. The highest BCUT2D eigenvalue weighted by atomic mass is 35.5. The van der Waals surface area contributed by atoms with Gasteiger partial charge in [-0.2, -0.15) is 5.26 Å². The van der Waals surface area contributed by atoms with Crippen LogP contribution in [0.5, 0.6) is 0 Å². The second-order valence-electron chi connectivity index (χ2n) is 9.78. The van der Waals surface area contributed by atoms with Gasteiger partial charge in [0.25, 0.3) is 5.56 Å². The number of benzene rings is 1. The maximum absolute atomic E-state index is 12.7. The number of ether oxygens (including phenoxy) is 1. The van der Waals surface area contributed by atoms with Crippen molar-refractivity contribution in [3.8, 4) is 6.07 Å². The van der Waals surface area contributed by atoms with Crippen LogP contribution in [0, 0.1) is 11.3 Å². The third-order valence-corrected chi connectivity index (χ3v) is 7.03. The van der Waals surface area contributed by atoms with Crippen LogP contribution in [-0.2, 0) is 11.8 Å². The Bertz CT molecular complexity index is 1610. The molecule has 200 valence electrons. The summed E-state index contributed by atoms with van der Waals surface area (Å²) in [4.78, 5) is 28.2. The van der Waals surface area contributed by atoms with E-state index in [0.717, 1.165) is 35.4 Å². The van der Waals surface area contributed by atoms with Gasteiger partial charge in [0.15, 0.2) is 0 Å². The second kappa shape index (κ2) is 10.9. The molecule has 39 heavy (non-hydrogen) atoms. The predicted molar refractivity (Wildman–Crippen MR) is 153 cm³/mol. The van der Waals surface area contributed by atoms with Crippen molar-refractivity contribution in [2.24, 2.45) is 7.05 Å². The summed E-state index contributed by atoms with van der Waals surface area (Å²) in [6.45, 7) is 7.66. The van der Waals surface area contributed by atoms with E-state index in [1.807, 2.05) is 37.5 Å². The fourth-order valence-corrected chi connectivity index (χ4v) is 5.07. The molecule has 1 unspecified atom stereocenters. The molecular weight excluding hydrogens is 516 g/mol. The van der Waals surface area contributed by atoms with Crippen LogP contribution in [0.4, 0.5) is 22.7 Å². The Morgan fingerprint density at radius 1 is 1.10 bits per heavy atom. The Hall–Kier alpha value is -4.20. The predicted octanol–water partition coefficient (Wildman–Crippen LogP) is 4.78. The lowest BCUT2D eigenvalue weighted by Crippen LogP contribution is -2.45. The minimum absolute atomic E-state index is 0.130. The summed E-state index contributed by atoms with van der Waals surface area (Å²) in [7, 11) is 1.73. The van der Waals surface area contributed by atoms with Crippen molar-refractivity contribution in [2.75, 3.05) is 28.6 Å². The first-order valence-electron chi connectivity index (χ1n) is 12.7. The molecule has 0 radical (unpaired) electrons. The topological polar surface area (TPSA) is 121 Å². The number of fused-ring (bicyclic) bond motifs is 1. The minimum Gasteiger partial charge on any atom is -0.375 e. The molecule has 11 heteroatoms. The van der Waals surface area contributed by atoms with Crippen LogP contribution < -0.4 is 21.1 Å². The average Bonchev–Trinajstić information content (AvgIpc) is 2.91. The van der Waals surface area contributed by atoms with Gasteiger partial charge in [-0.1, -0.05) is 11.6 Å². The van der Waals surface area contributed by atoms with Crippen LogP contribution in [0.3, 0.4) is 0 Å². The summed E-state index contributed by atoms with van der Waals surface area (Å²) >= 11 is 6.09. The Kier molecular flexibility index (Phi) is 7.37. The van der Waals surface area contributed by atoms with E-state index in [-0.39, 0.29) is 34.5 Å². The molecule has 1 aliphatic rings. The molecule has 3 atom stereocenters. The summed E-state index contributed by atoms with van der Waals surface area (Å²) in [5.74, 6) is 0.612. The number of nitriles is 1. The van der Waals surface area contributed by atoms with Crippen molar-refractivity contribution in [1.29, 1.82) is 5.26 Å². The number of nitrogens with zero attached hydrogens (tertiary/aromatic N) is 6. The first-order chi connectivity index (χ1) is 18.7. The van der Waals surface area contributed by atoms with E-state index >= 15 is 0 Å². The Morgan fingerprint density at radius 3 is 2.51 bits per heavy atom. The normalized spacial score (nSPS) is 18.0. The summed E-state index contributed by atoms with van der Waals surface area (Å²) in [5.41, 5.74) is 3.75. The van der Waals surface area contributed by atoms with Crippen molar-refractivity contribution in [2.45, 2.75) is 39.0 Å². The average molecular weight is 545 g/mol. The first-order valence-corrected chi connectivity index (χ1v) is 13.1. The lowest BCUT2D eigenvalue weighted by molar-refractivity contribution is -0.00525. The lowest BCUT2D eigenvalue weighted by Gasteiger charge is -2.36. The zero-order valence-corrected chi connectivity index (χ0v) is 22.9. The van der Waals surface area contributed by atoms with E-state index in [9.17, 15) is 10.1 Å². The van der Waals surface area contributed by atoms with Crippen LogP contribution in [0.2, 0.25) is 5.15 Å². The number of halogens is 1. The molecule has 10 nitrogen and oxygen atoms in total. The molecule has 1 aromatic carbocycles. The Balaban J connectivity index is 1.42. The van der Waals surface area contributed by atoms with Gasteiger partial charge in [-0.3, -0.25) is 4.79 Å². The standard InChI is InChI=1S/C28H29ClN8O2/c1-16-14-37(15-17(2)39-16)20-12-32-28(33-13-20)18(3)34-24-10-26(38)36(4)25-6-5-19(9-21(24)25)35-23-7-8-31-27(29)22(23)11-30/h5-10,12-13,16-18,34H,14-15H2,1-4H3,(H,31,35)/t16-,17+,18?. The number of anilines is 4. The number of pyridine rings is 2. The molecule has 0 aliphatic carbocycles. The molecule has 2 N–H and O–H groups in total. The van der Waals surface area contributed by atoms with E-state index in [1.54, 1.807) is 23.7 Å². The van der Waals surface area contributed by atoms with Crippen molar-refractivity contribution in [3.05, 3.63) is 75.8 Å². The van der Waals surface area contributed by atoms with E-state index in [4.69, 9.17) is 16.3 Å². The maximum atomic E-state index is 12.7. The third-order valence-electron chi connectivity index (χ3n) is 6.74. The fourth-order valence-electron chi connectivity index (χ4n) is 4.87. The molecule has 1 aliphatic heterocycles. The number of hydrogen-bond acceptors (Lipinski definition) is 9. The number of rotatable bonds is 6. The highest BCUT2D eigenvalue weighted by Gasteiger charge is 2.23. The smallest absolute Gasteiger partial charge is 0.252 e. The monoisotopic (exact) mass is 544 g/mol. The summed E-state index contributed by atoms with van der Waals surface area (Å²) < 4.78 is 7.42. The van der Waals surface area contributed by atoms with Gasteiger partial charge in [-0.05, 0) is 45.0 Å². The van der Waals surface area contributed by atoms with Gasteiger partial charge >= 0.3 is 0 Å². The van der Waals surface area contributed by atoms with Crippen molar-refractivity contribution in [3.63, 3.8) is 0 Å². The van der Waals surface area contributed by atoms with Gasteiger partial charge in [0, 0.05) is 49.2 Å². The number of aryl methyl sites for hydroxylation is 1. The van der Waals surface area contributed by atoms with E-state index in [0.29, 0.717) is 17.2 Å². The van der Waals surface area contributed by atoms with E-state index in [2.05, 4.69) is 50.4 Å². The number of morpholine rings is 1. The Morgan fingerprint density at radius 2 is 1.82 bits per heavy atom. The molecule has 3 aromatic heterocycles. The molecular formula is C28H29ClN8O2. The van der Waals surface area contributed by atoms with E-state index < -0.39 is 0 Å². The molecule has 5 rings (SSSR count). The molecule has 0 bridgehead atoms. The van der Waals surface area contributed by atoms with E-state index in [1.165, 1.54) is 6.20 Å². The van der Waals surface area contributed by atoms with Gasteiger partial charge in [0.2, 0.25) is 0 Å². The van der Waals surface area contributed by atoms with Gasteiger partial charge in [-0.25, -0.2) is 15.0 Å². The number of hydrogen-bond donors (Lipinski definition) is 2. The molecule has 0 spiro atoms. The molecule has 0 saturated carbocycles. The quantitative estimate of drug-likeness (QED) is 0.330. The molecule has 4 aromatic rings. The minimum atomic E-state index is -0.266. The second-order valence-corrected chi connectivity index (χ2v) is 10.1. The van der Waals surface area contributed by atoms with Crippen LogP contribution in [-0.4, -0.2) is 44.8 Å². The van der Waals surface area contributed by atoms with Gasteiger partial charge in [0.05, 0.1) is 47.5 Å². The number of aromatic nitrogens is 4. The summed E-state index contributed by atoms with van der Waals surface area (Å²) in [6.07, 6.45) is 5.49. The third kappa shape index (κ3) is 5.50. The first kappa shape index (κ1) is 26.4. The zero-order chi connectivity index (χ0) is 27.7. The highest BCUT2D eigenvalue weighted by molar-refractivity contribution is 6.31. The summed E-state index contributed by atoms with van der Waals surface area (Å²) in [5, 5.41) is 17.1. The molecule has 0 amide bonds. The molecule has 1 fully saturated rings. The largest absolute Gasteiger partial charge is 0.375 e. The Labute approximate surface area is 231 Å². The van der Waals surface area contributed by atoms with Crippen molar-refractivity contribution < 1.29 is 4.74 Å². The summed E-state index contributed by atoms with van der Waals surface area (Å²) in [6, 6.07) is 10.7.